The van der Waals surface area contributed by atoms with Gasteiger partial charge in [0, 0.05) is 0 Å². The fraction of sp³-hybridized carbons (Fsp3) is 0.192. The van der Waals surface area contributed by atoms with E-state index in [-0.39, 0.29) is 11.7 Å². The van der Waals surface area contributed by atoms with E-state index in [1.165, 1.54) is 21.5 Å². The molecule has 0 aromatic heterocycles. The maximum atomic E-state index is 12.2. The van der Waals surface area contributed by atoms with Crippen LogP contribution >= 0.6 is 18.2 Å². The van der Waals surface area contributed by atoms with Gasteiger partial charge in [-0.15, -0.1) is 0 Å². The van der Waals surface area contributed by atoms with E-state index in [0.29, 0.717) is 0 Å². The molecule has 0 saturated carbocycles. The SMILES string of the molecule is O=C(/C=C1\CCCP(c2ccccc2)(c2ccccc2)(c2ccccc2)C1)CCl. The third-order valence-electron chi connectivity index (χ3n) is 6.34. The number of hydrogen-bond donors (Lipinski definition) is 0. The molecule has 3 aromatic carbocycles. The van der Waals surface area contributed by atoms with Gasteiger partial charge in [-0.25, -0.2) is 0 Å². The fourth-order valence-electron chi connectivity index (χ4n) is 5.12. The molecule has 3 heteroatoms. The van der Waals surface area contributed by atoms with Crippen molar-refractivity contribution in [2.75, 3.05) is 18.2 Å². The molecule has 0 aliphatic carbocycles. The molecule has 0 atom stereocenters. The normalized spacial score (nSPS) is 20.4. The molecule has 0 radical (unpaired) electrons. The first-order valence-electron chi connectivity index (χ1n) is 10.1. The second-order valence-electron chi connectivity index (χ2n) is 7.90. The van der Waals surface area contributed by atoms with Gasteiger partial charge in [0.25, 0.3) is 0 Å². The molecular weight excluding hydrogens is 395 g/mol. The number of ketones is 1. The molecule has 29 heavy (non-hydrogen) atoms. The summed E-state index contributed by atoms with van der Waals surface area (Å²) in [6.45, 7) is -2.78. The van der Waals surface area contributed by atoms with E-state index >= 15 is 0 Å². The molecule has 0 N–H and O–H groups in total. The third-order valence-corrected chi connectivity index (χ3v) is 13.6. The van der Waals surface area contributed by atoms with Gasteiger partial charge in [0.1, 0.15) is 0 Å². The Balaban J connectivity index is 2.08. The summed E-state index contributed by atoms with van der Waals surface area (Å²) in [5.74, 6) is 0.0518. The van der Waals surface area contributed by atoms with Gasteiger partial charge in [0.05, 0.1) is 0 Å². The van der Waals surface area contributed by atoms with Crippen LogP contribution in [0.4, 0.5) is 0 Å². The van der Waals surface area contributed by atoms with Crippen LogP contribution in [0.2, 0.25) is 0 Å². The zero-order chi connectivity index (χ0) is 20.2. The number of carbonyl (C=O) groups excluding carboxylic acids is 1. The van der Waals surface area contributed by atoms with Crippen LogP contribution in [0.25, 0.3) is 0 Å². The minimum absolute atomic E-state index is 0.00867. The summed E-state index contributed by atoms with van der Waals surface area (Å²) in [5, 5.41) is 4.21. The van der Waals surface area contributed by atoms with Crippen LogP contribution in [0.15, 0.2) is 103 Å². The van der Waals surface area contributed by atoms with Crippen molar-refractivity contribution in [1.29, 1.82) is 0 Å². The Bertz CT molecular complexity index is 913. The molecule has 3 aromatic rings. The summed E-state index contributed by atoms with van der Waals surface area (Å²) < 4.78 is 0. The Labute approximate surface area is 178 Å². The molecule has 0 spiro atoms. The van der Waals surface area contributed by atoms with Crippen molar-refractivity contribution in [2.45, 2.75) is 12.8 Å². The summed E-state index contributed by atoms with van der Waals surface area (Å²) >= 11 is 5.84. The number of halogens is 1. The van der Waals surface area contributed by atoms with Crippen molar-refractivity contribution in [2.24, 2.45) is 0 Å². The third kappa shape index (κ3) is 3.37. The van der Waals surface area contributed by atoms with Gasteiger partial charge in [-0.05, 0) is 0 Å². The zero-order valence-electron chi connectivity index (χ0n) is 16.5. The molecular formula is C26H26ClOP. The number of rotatable bonds is 5. The fourth-order valence-corrected chi connectivity index (χ4v) is 12.2. The first kappa shape index (κ1) is 20.1. The Morgan fingerprint density at radius 2 is 1.24 bits per heavy atom. The van der Waals surface area contributed by atoms with Crippen molar-refractivity contribution in [1.82, 2.24) is 0 Å². The minimum atomic E-state index is -2.78. The monoisotopic (exact) mass is 420 g/mol. The first-order chi connectivity index (χ1) is 14.2. The zero-order valence-corrected chi connectivity index (χ0v) is 18.2. The van der Waals surface area contributed by atoms with Crippen molar-refractivity contribution in [3.8, 4) is 0 Å². The summed E-state index contributed by atoms with van der Waals surface area (Å²) in [6.07, 6.45) is 5.88. The number of hydrogen-bond acceptors (Lipinski definition) is 1. The second-order valence-corrected chi connectivity index (χ2v) is 13.5. The summed E-state index contributed by atoms with van der Waals surface area (Å²) in [4.78, 5) is 12.2. The summed E-state index contributed by atoms with van der Waals surface area (Å²) in [7, 11) is 0. The predicted molar refractivity (Wildman–Crippen MR) is 128 cm³/mol. The van der Waals surface area contributed by atoms with Crippen molar-refractivity contribution in [3.63, 3.8) is 0 Å². The molecule has 0 bridgehead atoms. The van der Waals surface area contributed by atoms with Crippen LogP contribution in [0.3, 0.4) is 0 Å². The molecule has 1 aliphatic rings. The van der Waals surface area contributed by atoms with Gasteiger partial charge < -0.3 is 0 Å². The van der Waals surface area contributed by atoms with Gasteiger partial charge in [0.2, 0.25) is 0 Å². The summed E-state index contributed by atoms with van der Waals surface area (Å²) in [6, 6.07) is 32.9. The van der Waals surface area contributed by atoms with Gasteiger partial charge >= 0.3 is 178 Å². The Morgan fingerprint density at radius 1 is 0.793 bits per heavy atom. The molecule has 0 amide bonds. The van der Waals surface area contributed by atoms with Crippen LogP contribution < -0.4 is 15.9 Å². The Morgan fingerprint density at radius 3 is 1.66 bits per heavy atom. The molecule has 0 unspecified atom stereocenters. The van der Waals surface area contributed by atoms with Crippen LogP contribution in [0.1, 0.15) is 12.8 Å². The molecule has 1 fully saturated rings. The van der Waals surface area contributed by atoms with Gasteiger partial charge in [-0.3, -0.25) is 0 Å². The van der Waals surface area contributed by atoms with E-state index < -0.39 is 6.60 Å². The van der Waals surface area contributed by atoms with Crippen LogP contribution in [0, 0.1) is 0 Å². The topological polar surface area (TPSA) is 17.1 Å². The van der Waals surface area contributed by atoms with Gasteiger partial charge in [-0.1, -0.05) is 0 Å². The summed E-state index contributed by atoms with van der Waals surface area (Å²) in [5.41, 5.74) is 1.23. The Hall–Kier alpha value is -2.21. The number of allylic oxidation sites excluding steroid dienone is 2. The number of carbonyl (C=O) groups is 1. The molecule has 1 nitrogen and oxygen atoms in total. The second kappa shape index (κ2) is 8.27. The molecule has 1 heterocycles. The maximum absolute atomic E-state index is 12.2. The molecule has 1 aliphatic heterocycles. The van der Waals surface area contributed by atoms with E-state index in [1.54, 1.807) is 0 Å². The van der Waals surface area contributed by atoms with E-state index in [0.717, 1.165) is 25.2 Å². The average molecular weight is 421 g/mol. The molecule has 1 saturated heterocycles. The quantitative estimate of drug-likeness (QED) is 0.321. The van der Waals surface area contributed by atoms with Gasteiger partial charge in [0.15, 0.2) is 0 Å². The first-order valence-corrected chi connectivity index (χ1v) is 13.3. The van der Waals surface area contributed by atoms with Gasteiger partial charge in [-0.2, -0.15) is 0 Å². The molecule has 148 valence electrons. The van der Waals surface area contributed by atoms with E-state index in [4.69, 9.17) is 11.6 Å². The van der Waals surface area contributed by atoms with Crippen LogP contribution in [0.5, 0.6) is 0 Å². The van der Waals surface area contributed by atoms with Crippen molar-refractivity contribution in [3.05, 3.63) is 103 Å². The molecule has 4 rings (SSSR count). The van der Waals surface area contributed by atoms with Crippen molar-refractivity contribution < 1.29 is 4.79 Å². The van der Waals surface area contributed by atoms with E-state index in [2.05, 4.69) is 91.0 Å². The van der Waals surface area contributed by atoms with E-state index in [1.807, 2.05) is 6.08 Å². The van der Waals surface area contributed by atoms with Crippen molar-refractivity contribution >= 4 is 39.9 Å². The van der Waals surface area contributed by atoms with Crippen LogP contribution in [-0.2, 0) is 4.79 Å². The average Bonchev–Trinajstić information content (AvgIpc) is 2.81. The Kier molecular flexibility index (Phi) is 5.72. The predicted octanol–water partition coefficient (Wildman–Crippen LogP) is 5.04. The van der Waals surface area contributed by atoms with Crippen LogP contribution in [-0.4, -0.2) is 24.0 Å². The van der Waals surface area contributed by atoms with E-state index in [9.17, 15) is 4.79 Å². The standard InChI is InChI=1S/C26H26ClOP/c27-20-23(28)19-22-11-10-18-29(21-22,24-12-4-1-5-13-24,25-14-6-2-7-15-25)26-16-8-3-9-17-26/h1-9,12-17,19H,10-11,18,20-21H2/b22-19+. The number of benzene rings is 3. The number of alkyl halides is 1.